The number of hydrogen-bond acceptors (Lipinski definition) is 8. The van der Waals surface area contributed by atoms with Crippen LogP contribution in [-0.2, 0) is 5.54 Å². The summed E-state index contributed by atoms with van der Waals surface area (Å²) < 4.78 is 20.5. The van der Waals surface area contributed by atoms with Crippen LogP contribution in [0, 0.1) is 5.92 Å². The zero-order valence-corrected chi connectivity index (χ0v) is 20.0. The molecule has 3 heterocycles. The number of benzene rings is 1. The second-order valence-electron chi connectivity index (χ2n) is 9.88. The first-order valence-electron chi connectivity index (χ1n) is 12.0. The molecule has 180 valence electrons. The fourth-order valence-corrected chi connectivity index (χ4v) is 5.45. The number of rotatable bonds is 8. The molecule has 0 atom stereocenters. The van der Waals surface area contributed by atoms with Gasteiger partial charge in [0, 0.05) is 18.1 Å². The highest BCUT2D eigenvalue weighted by Crippen LogP contribution is 2.62. The van der Waals surface area contributed by atoms with Crippen LogP contribution >= 0.6 is 0 Å². The number of imidazole rings is 1. The summed E-state index contributed by atoms with van der Waals surface area (Å²) in [5.41, 5.74) is 1.95. The van der Waals surface area contributed by atoms with Crippen LogP contribution in [0.4, 0.5) is 11.6 Å². The van der Waals surface area contributed by atoms with Crippen molar-refractivity contribution in [3.05, 3.63) is 36.7 Å². The SMILES string of the molecule is COc1cc(-n2cnc(Nc3nc(C4CC4)nc4c3cnn4C34CC(C3)C4)c2)cc(OC)c1OC. The number of hydrogen-bond donors (Lipinski definition) is 1. The Hall–Kier alpha value is -3.82. The van der Waals surface area contributed by atoms with Gasteiger partial charge in [0.25, 0.3) is 0 Å². The summed E-state index contributed by atoms with van der Waals surface area (Å²) in [6, 6.07) is 3.77. The Labute approximate surface area is 202 Å². The third-order valence-electron chi connectivity index (χ3n) is 7.62. The highest BCUT2D eigenvalue weighted by molar-refractivity contribution is 5.88. The maximum Gasteiger partial charge on any atom is 0.203 e. The van der Waals surface area contributed by atoms with Crippen LogP contribution in [-0.4, -0.2) is 50.6 Å². The lowest BCUT2D eigenvalue weighted by molar-refractivity contribution is -0.0948. The van der Waals surface area contributed by atoms with E-state index in [1.807, 2.05) is 29.1 Å². The van der Waals surface area contributed by atoms with Crippen molar-refractivity contribution in [1.29, 1.82) is 0 Å². The van der Waals surface area contributed by atoms with E-state index >= 15 is 0 Å². The van der Waals surface area contributed by atoms with Gasteiger partial charge in [-0.1, -0.05) is 0 Å². The van der Waals surface area contributed by atoms with E-state index in [0.717, 1.165) is 47.1 Å². The molecule has 3 aromatic heterocycles. The average molecular weight is 474 g/mol. The number of fused-ring (bicyclic) bond motifs is 1. The Morgan fingerprint density at radius 3 is 2.34 bits per heavy atom. The average Bonchev–Trinajstić information content (AvgIpc) is 3.43. The summed E-state index contributed by atoms with van der Waals surface area (Å²) in [4.78, 5) is 14.4. The molecular formula is C25H27N7O3. The van der Waals surface area contributed by atoms with Crippen molar-refractivity contribution in [3.8, 4) is 22.9 Å². The second-order valence-corrected chi connectivity index (χ2v) is 9.88. The standard InChI is InChI=1S/C25H27N7O3/c1-33-18-6-16(7-19(34-2)21(18)35-3)31-12-20(26-13-31)28-23-17-11-27-32(25-8-14(9-25)10-25)24(17)30-22(29-23)15-4-5-15/h6-7,11-15H,4-5,8-10H2,1-3H3,(H,28,29,30). The van der Waals surface area contributed by atoms with Crippen molar-refractivity contribution in [2.75, 3.05) is 26.6 Å². The number of methoxy groups -OCH3 is 3. The predicted molar refractivity (Wildman–Crippen MR) is 129 cm³/mol. The second kappa shape index (κ2) is 7.34. The Balaban J connectivity index is 1.25. The molecule has 0 amide bonds. The van der Waals surface area contributed by atoms with Gasteiger partial charge in [-0.2, -0.15) is 5.10 Å². The zero-order chi connectivity index (χ0) is 23.7. The van der Waals surface area contributed by atoms with Gasteiger partial charge in [-0.15, -0.1) is 0 Å². The third kappa shape index (κ3) is 3.08. The summed E-state index contributed by atoms with van der Waals surface area (Å²) in [6.07, 6.45) is 11.5. The summed E-state index contributed by atoms with van der Waals surface area (Å²) in [6.45, 7) is 0. The minimum Gasteiger partial charge on any atom is -0.493 e. The van der Waals surface area contributed by atoms with Crippen LogP contribution < -0.4 is 19.5 Å². The molecule has 0 aliphatic heterocycles. The minimum absolute atomic E-state index is 0.174. The highest BCUT2D eigenvalue weighted by Gasteiger charge is 2.59. The van der Waals surface area contributed by atoms with Crippen LogP contribution in [0.15, 0.2) is 30.9 Å². The molecule has 0 saturated heterocycles. The number of nitrogens with zero attached hydrogens (tertiary/aromatic N) is 6. The molecule has 1 aromatic carbocycles. The van der Waals surface area contributed by atoms with Crippen molar-refractivity contribution in [2.24, 2.45) is 5.92 Å². The molecule has 1 N–H and O–H groups in total. The molecule has 2 bridgehead atoms. The summed E-state index contributed by atoms with van der Waals surface area (Å²) in [7, 11) is 4.80. The van der Waals surface area contributed by atoms with Crippen molar-refractivity contribution in [3.63, 3.8) is 0 Å². The molecule has 0 unspecified atom stereocenters. The van der Waals surface area contributed by atoms with Gasteiger partial charge in [0.1, 0.15) is 23.8 Å². The Bertz CT molecular complexity index is 1410. The van der Waals surface area contributed by atoms with Gasteiger partial charge in [0.05, 0.1) is 50.3 Å². The normalized spacial score (nSPS) is 22.4. The number of anilines is 2. The fourth-order valence-electron chi connectivity index (χ4n) is 5.45. The Kier molecular flexibility index (Phi) is 4.31. The van der Waals surface area contributed by atoms with Gasteiger partial charge in [-0.25, -0.2) is 19.6 Å². The maximum absolute atomic E-state index is 5.50. The zero-order valence-electron chi connectivity index (χ0n) is 20.0. The smallest absolute Gasteiger partial charge is 0.203 e. The van der Waals surface area contributed by atoms with Gasteiger partial charge >= 0.3 is 0 Å². The van der Waals surface area contributed by atoms with Crippen LogP contribution in [0.2, 0.25) is 0 Å². The molecule has 4 saturated carbocycles. The molecule has 10 heteroatoms. The van der Waals surface area contributed by atoms with E-state index in [9.17, 15) is 0 Å². The van der Waals surface area contributed by atoms with Crippen molar-refractivity contribution >= 4 is 22.7 Å². The molecule has 8 rings (SSSR count). The van der Waals surface area contributed by atoms with E-state index in [1.54, 1.807) is 27.7 Å². The van der Waals surface area contributed by atoms with Gasteiger partial charge in [0.15, 0.2) is 17.1 Å². The van der Waals surface area contributed by atoms with Gasteiger partial charge < -0.3 is 24.1 Å². The molecule has 4 fully saturated rings. The maximum atomic E-state index is 5.50. The number of ether oxygens (including phenoxy) is 3. The van der Waals surface area contributed by atoms with Gasteiger partial charge in [-0.05, 0) is 38.0 Å². The Morgan fingerprint density at radius 1 is 1.00 bits per heavy atom. The molecule has 4 aliphatic rings. The fraction of sp³-hybridized carbons (Fsp3) is 0.440. The molecule has 0 radical (unpaired) electrons. The van der Waals surface area contributed by atoms with Crippen LogP contribution in [0.1, 0.15) is 43.8 Å². The lowest BCUT2D eigenvalue weighted by Crippen LogP contribution is -2.59. The number of nitrogens with one attached hydrogen (secondary N) is 1. The first-order valence-corrected chi connectivity index (χ1v) is 12.0. The van der Waals surface area contributed by atoms with Gasteiger partial charge in [0.2, 0.25) is 5.75 Å². The monoisotopic (exact) mass is 473 g/mol. The van der Waals surface area contributed by atoms with Crippen LogP contribution in [0.5, 0.6) is 17.2 Å². The quantitative estimate of drug-likeness (QED) is 0.407. The summed E-state index contributed by atoms with van der Waals surface area (Å²) >= 11 is 0. The molecule has 4 aliphatic carbocycles. The minimum atomic E-state index is 0.174. The first-order chi connectivity index (χ1) is 17.1. The van der Waals surface area contributed by atoms with E-state index in [-0.39, 0.29) is 5.54 Å². The van der Waals surface area contributed by atoms with Crippen molar-refractivity contribution in [1.82, 2.24) is 29.3 Å². The molecule has 4 aromatic rings. The van der Waals surface area contributed by atoms with Crippen LogP contribution in [0.25, 0.3) is 16.7 Å². The summed E-state index contributed by atoms with van der Waals surface area (Å²) in [5, 5.41) is 9.13. The van der Waals surface area contributed by atoms with E-state index in [2.05, 4.69) is 15.0 Å². The van der Waals surface area contributed by atoms with E-state index in [4.69, 9.17) is 29.3 Å². The lowest BCUT2D eigenvalue weighted by Gasteiger charge is -2.61. The topological polar surface area (TPSA) is 101 Å². The van der Waals surface area contributed by atoms with E-state index < -0.39 is 0 Å². The molecular weight excluding hydrogens is 446 g/mol. The van der Waals surface area contributed by atoms with Crippen molar-refractivity contribution < 1.29 is 14.2 Å². The number of aromatic nitrogens is 6. The molecule has 35 heavy (non-hydrogen) atoms. The molecule has 10 nitrogen and oxygen atoms in total. The van der Waals surface area contributed by atoms with E-state index in [0.29, 0.717) is 29.0 Å². The van der Waals surface area contributed by atoms with Gasteiger partial charge in [-0.3, -0.25) is 0 Å². The largest absolute Gasteiger partial charge is 0.493 e. The summed E-state index contributed by atoms with van der Waals surface area (Å²) in [5.74, 6) is 5.36. The highest BCUT2D eigenvalue weighted by atomic mass is 16.5. The third-order valence-corrected chi connectivity index (χ3v) is 7.62. The Morgan fingerprint density at radius 2 is 1.74 bits per heavy atom. The van der Waals surface area contributed by atoms with Crippen molar-refractivity contribution in [2.45, 2.75) is 43.6 Å². The van der Waals surface area contributed by atoms with Crippen LogP contribution in [0.3, 0.4) is 0 Å². The first kappa shape index (κ1) is 20.5. The predicted octanol–water partition coefficient (Wildman–Crippen LogP) is 4.17. The lowest BCUT2D eigenvalue weighted by atomic mass is 9.50. The molecule has 0 spiro atoms. The van der Waals surface area contributed by atoms with E-state index in [1.165, 1.54) is 19.3 Å².